The van der Waals surface area contributed by atoms with E-state index in [2.05, 4.69) is 0 Å². The van der Waals surface area contributed by atoms with E-state index in [0.717, 1.165) is 6.42 Å². The number of halogens is 5. The molecule has 0 aliphatic carbocycles. The average molecular weight is 382 g/mol. The highest BCUT2D eigenvalue weighted by Crippen LogP contribution is 3.02. The standard InChI is InChI=1S/C16H15F5O3S/c1-2-11-23-13-5-3-12(4-6-13)16(22)24-14-7-9-15(10-8-14)25(17,18,19,20)21/h3-10H,2,11H2,1H3. The Hall–Kier alpha value is -2.29. The van der Waals surface area contributed by atoms with Crippen LogP contribution in [0.15, 0.2) is 53.4 Å². The molecule has 9 heteroatoms. The van der Waals surface area contributed by atoms with Crippen molar-refractivity contribution in [2.75, 3.05) is 6.61 Å². The van der Waals surface area contributed by atoms with Gasteiger partial charge in [-0.1, -0.05) is 26.4 Å². The summed E-state index contributed by atoms with van der Waals surface area (Å²) in [6.45, 7) is 2.45. The van der Waals surface area contributed by atoms with E-state index in [-0.39, 0.29) is 23.4 Å². The van der Waals surface area contributed by atoms with Gasteiger partial charge in [0.25, 0.3) is 0 Å². The molecule has 0 aliphatic heterocycles. The molecule has 138 valence electrons. The quantitative estimate of drug-likeness (QED) is 0.332. The maximum Gasteiger partial charge on any atom is 0.343 e. The lowest BCUT2D eigenvalue weighted by Crippen LogP contribution is -2.09. The van der Waals surface area contributed by atoms with E-state index in [1.54, 1.807) is 12.1 Å². The van der Waals surface area contributed by atoms with Gasteiger partial charge in [0.15, 0.2) is 0 Å². The zero-order valence-corrected chi connectivity index (χ0v) is 13.9. The third-order valence-electron chi connectivity index (χ3n) is 3.04. The summed E-state index contributed by atoms with van der Waals surface area (Å²) in [5.74, 6) is -0.553. The van der Waals surface area contributed by atoms with Crippen LogP contribution < -0.4 is 9.47 Å². The largest absolute Gasteiger partial charge is 0.494 e. The molecule has 0 saturated heterocycles. The second-order valence-electron chi connectivity index (χ2n) is 5.20. The molecule has 0 atom stereocenters. The molecule has 0 fully saturated rings. The lowest BCUT2D eigenvalue weighted by Gasteiger charge is -2.40. The number of carbonyl (C=O) groups excluding carboxylic acids is 1. The van der Waals surface area contributed by atoms with Gasteiger partial charge in [-0.05, 0) is 55.0 Å². The van der Waals surface area contributed by atoms with Crippen molar-refractivity contribution in [2.45, 2.75) is 18.2 Å². The van der Waals surface area contributed by atoms with Gasteiger partial charge in [0.05, 0.1) is 12.2 Å². The minimum Gasteiger partial charge on any atom is -0.494 e. The van der Waals surface area contributed by atoms with Crippen LogP contribution in [0.25, 0.3) is 0 Å². The van der Waals surface area contributed by atoms with Gasteiger partial charge in [-0.25, -0.2) is 4.79 Å². The third-order valence-corrected chi connectivity index (χ3v) is 4.21. The molecule has 25 heavy (non-hydrogen) atoms. The predicted molar refractivity (Wildman–Crippen MR) is 85.0 cm³/mol. The molecule has 0 saturated carbocycles. The van der Waals surface area contributed by atoms with E-state index < -0.39 is 21.1 Å². The van der Waals surface area contributed by atoms with E-state index in [1.807, 2.05) is 6.92 Å². The van der Waals surface area contributed by atoms with Gasteiger partial charge in [-0.15, -0.1) is 0 Å². The second kappa shape index (κ2) is 5.91. The number of ether oxygens (including phenoxy) is 2. The summed E-state index contributed by atoms with van der Waals surface area (Å²) in [6.07, 6.45) is 0.818. The Kier molecular flexibility index (Phi) is 4.50. The SMILES string of the molecule is CCCOc1ccc(C(=O)Oc2ccc(S(F)(F)(F)(F)F)cc2)cc1. The highest BCUT2D eigenvalue weighted by molar-refractivity contribution is 8.45. The Bertz CT molecular complexity index is 756. The Morgan fingerprint density at radius 2 is 1.40 bits per heavy atom. The van der Waals surface area contributed by atoms with Crippen LogP contribution >= 0.6 is 10.2 Å². The van der Waals surface area contributed by atoms with Crippen molar-refractivity contribution < 1.29 is 33.7 Å². The smallest absolute Gasteiger partial charge is 0.343 e. The molecule has 0 amide bonds. The Morgan fingerprint density at radius 3 is 1.88 bits per heavy atom. The zero-order chi connectivity index (χ0) is 18.8. The Balaban J connectivity index is 2.08. The van der Waals surface area contributed by atoms with E-state index in [1.165, 1.54) is 12.1 Å². The van der Waals surface area contributed by atoms with E-state index >= 15 is 0 Å². The van der Waals surface area contributed by atoms with Crippen LogP contribution in [-0.4, -0.2) is 12.6 Å². The zero-order valence-electron chi connectivity index (χ0n) is 13.1. The van der Waals surface area contributed by atoms with Gasteiger partial charge >= 0.3 is 16.2 Å². The maximum atomic E-state index is 12.6. The third kappa shape index (κ3) is 5.35. The topological polar surface area (TPSA) is 35.5 Å². The molecule has 0 radical (unpaired) electrons. The minimum atomic E-state index is -9.74. The Morgan fingerprint density at radius 1 is 0.880 bits per heavy atom. The Labute approximate surface area is 141 Å². The predicted octanol–water partition coefficient (Wildman–Crippen LogP) is 6.35. The molecule has 3 nitrogen and oxygen atoms in total. The monoisotopic (exact) mass is 382 g/mol. The van der Waals surface area contributed by atoms with Crippen LogP contribution in [0.4, 0.5) is 19.4 Å². The summed E-state index contributed by atoms with van der Waals surface area (Å²) in [7, 11) is -9.74. The molecule has 0 aromatic heterocycles. The minimum absolute atomic E-state index is 0.139. The summed E-state index contributed by atoms with van der Waals surface area (Å²) >= 11 is 0. The summed E-state index contributed by atoms with van der Waals surface area (Å²) in [5, 5.41) is 0. The van der Waals surface area contributed by atoms with E-state index in [9.17, 15) is 24.2 Å². The molecule has 2 aromatic carbocycles. The first kappa shape index (κ1) is 19.0. The first-order chi connectivity index (χ1) is 11.4. The van der Waals surface area contributed by atoms with Gasteiger partial charge in [0, 0.05) is 0 Å². The first-order valence-corrected chi connectivity index (χ1v) is 9.13. The van der Waals surface area contributed by atoms with Crippen molar-refractivity contribution in [1.82, 2.24) is 0 Å². The van der Waals surface area contributed by atoms with Gasteiger partial charge in [0.2, 0.25) is 0 Å². The normalized spacial score (nSPS) is 14.3. The summed E-state index contributed by atoms with van der Waals surface area (Å²) in [5.41, 5.74) is 0.139. The van der Waals surface area contributed by atoms with Crippen LogP contribution in [0.2, 0.25) is 0 Å². The molecule has 2 aromatic rings. The summed E-state index contributed by atoms with van der Waals surface area (Å²) in [6, 6.07) is 7.66. The first-order valence-electron chi connectivity index (χ1n) is 7.18. The number of benzene rings is 2. The number of esters is 1. The number of hydrogen-bond donors (Lipinski definition) is 0. The lowest BCUT2D eigenvalue weighted by atomic mass is 10.2. The van der Waals surface area contributed by atoms with Crippen molar-refractivity contribution in [3.05, 3.63) is 54.1 Å². The van der Waals surface area contributed by atoms with Gasteiger partial charge < -0.3 is 9.47 Å². The van der Waals surface area contributed by atoms with Crippen LogP contribution in [0, 0.1) is 0 Å². The summed E-state index contributed by atoms with van der Waals surface area (Å²) in [4.78, 5) is 9.88. The average Bonchev–Trinajstić information content (AvgIpc) is 2.51. The van der Waals surface area contributed by atoms with Crippen molar-refractivity contribution in [3.63, 3.8) is 0 Å². The van der Waals surface area contributed by atoms with E-state index in [4.69, 9.17) is 9.47 Å². The molecule has 2 rings (SSSR count). The molecule has 0 N–H and O–H groups in total. The van der Waals surface area contributed by atoms with Crippen LogP contribution in [0.5, 0.6) is 11.5 Å². The van der Waals surface area contributed by atoms with Gasteiger partial charge in [0.1, 0.15) is 16.4 Å². The molecule has 0 spiro atoms. The number of carbonyl (C=O) groups is 1. The van der Waals surface area contributed by atoms with Gasteiger partial charge in [-0.3, -0.25) is 0 Å². The summed E-state index contributed by atoms with van der Waals surface area (Å²) < 4.78 is 73.3. The molecule has 0 unspecified atom stereocenters. The molecule has 0 heterocycles. The van der Waals surface area contributed by atoms with Crippen molar-refractivity contribution in [3.8, 4) is 11.5 Å². The fourth-order valence-electron chi connectivity index (χ4n) is 1.84. The highest BCUT2D eigenvalue weighted by atomic mass is 32.5. The second-order valence-corrected chi connectivity index (χ2v) is 7.61. The fourth-order valence-corrected chi connectivity index (χ4v) is 2.49. The van der Waals surface area contributed by atoms with Crippen molar-refractivity contribution >= 4 is 16.2 Å². The lowest BCUT2D eigenvalue weighted by molar-refractivity contribution is 0.0734. The van der Waals surface area contributed by atoms with Crippen LogP contribution in [0.3, 0.4) is 0 Å². The number of rotatable bonds is 6. The molecular formula is C16H15F5O3S. The fraction of sp³-hybridized carbons (Fsp3) is 0.188. The maximum absolute atomic E-state index is 12.6. The van der Waals surface area contributed by atoms with Crippen LogP contribution in [-0.2, 0) is 0 Å². The van der Waals surface area contributed by atoms with Crippen molar-refractivity contribution in [2.24, 2.45) is 0 Å². The highest BCUT2D eigenvalue weighted by Gasteiger charge is 2.65. The van der Waals surface area contributed by atoms with E-state index in [0.29, 0.717) is 24.5 Å². The molecule has 0 aliphatic rings. The number of hydrogen-bond acceptors (Lipinski definition) is 3. The molecule has 0 bridgehead atoms. The van der Waals surface area contributed by atoms with Crippen molar-refractivity contribution in [1.29, 1.82) is 0 Å². The van der Waals surface area contributed by atoms with Gasteiger partial charge in [-0.2, -0.15) is 0 Å². The van der Waals surface area contributed by atoms with Crippen LogP contribution in [0.1, 0.15) is 23.7 Å². The molecular weight excluding hydrogens is 367 g/mol.